The molecule has 27 heavy (non-hydrogen) atoms. The first kappa shape index (κ1) is 17.4. The van der Waals surface area contributed by atoms with Gasteiger partial charge in [-0.15, -0.1) is 10.2 Å². The van der Waals surface area contributed by atoms with Crippen LogP contribution in [0.4, 0.5) is 10.2 Å². The van der Waals surface area contributed by atoms with Crippen LogP contribution in [0.3, 0.4) is 0 Å². The molecule has 0 aliphatic carbocycles. The van der Waals surface area contributed by atoms with E-state index in [0.29, 0.717) is 30.1 Å². The Morgan fingerprint density at radius 2 is 1.96 bits per heavy atom. The highest BCUT2D eigenvalue weighted by Crippen LogP contribution is 2.24. The van der Waals surface area contributed by atoms with Crippen LogP contribution in [-0.2, 0) is 9.53 Å². The summed E-state index contributed by atoms with van der Waals surface area (Å²) >= 11 is 0. The topological polar surface area (TPSA) is 80.2 Å². The van der Waals surface area contributed by atoms with E-state index < -0.39 is 5.82 Å². The molecule has 1 saturated heterocycles. The van der Waals surface area contributed by atoms with Crippen LogP contribution in [0.25, 0.3) is 22.0 Å². The van der Waals surface area contributed by atoms with Crippen molar-refractivity contribution in [2.24, 2.45) is 0 Å². The van der Waals surface area contributed by atoms with Gasteiger partial charge in [-0.2, -0.15) is 0 Å². The van der Waals surface area contributed by atoms with Crippen molar-refractivity contribution in [3.8, 4) is 11.1 Å². The lowest BCUT2D eigenvalue weighted by Crippen LogP contribution is -2.41. The lowest BCUT2D eigenvalue weighted by Gasteiger charge is -2.25. The molecule has 3 heterocycles. The van der Waals surface area contributed by atoms with Gasteiger partial charge >= 0.3 is 0 Å². The molecule has 4 rings (SSSR count). The van der Waals surface area contributed by atoms with Gasteiger partial charge in [0.15, 0.2) is 5.82 Å². The SMILES string of the molecule is O=C(CN1CCOCC1)Nc1cc2cc(-c3cncc(F)c3)ccc2nn1. The fourth-order valence-corrected chi connectivity index (χ4v) is 3.00. The molecule has 7 nitrogen and oxygen atoms in total. The summed E-state index contributed by atoms with van der Waals surface area (Å²) in [5.74, 6) is -0.150. The number of hydrogen-bond donors (Lipinski definition) is 1. The zero-order valence-electron chi connectivity index (χ0n) is 14.6. The van der Waals surface area contributed by atoms with Crippen LogP contribution >= 0.6 is 0 Å². The second-order valence-electron chi connectivity index (χ2n) is 6.33. The Morgan fingerprint density at radius 3 is 2.78 bits per heavy atom. The zero-order chi connectivity index (χ0) is 18.6. The molecule has 1 fully saturated rings. The summed E-state index contributed by atoms with van der Waals surface area (Å²) in [6.45, 7) is 3.04. The minimum Gasteiger partial charge on any atom is -0.379 e. The number of anilines is 1. The molecule has 1 aliphatic heterocycles. The Kier molecular flexibility index (Phi) is 4.99. The van der Waals surface area contributed by atoms with E-state index in [2.05, 4.69) is 20.5 Å². The van der Waals surface area contributed by atoms with Crippen LogP contribution in [0, 0.1) is 5.82 Å². The van der Waals surface area contributed by atoms with Gasteiger partial charge < -0.3 is 10.1 Å². The van der Waals surface area contributed by atoms with Crippen LogP contribution in [-0.4, -0.2) is 58.8 Å². The van der Waals surface area contributed by atoms with Gasteiger partial charge in [0.05, 0.1) is 31.5 Å². The van der Waals surface area contributed by atoms with Crippen molar-refractivity contribution >= 4 is 22.6 Å². The van der Waals surface area contributed by atoms with Crippen molar-refractivity contribution in [2.45, 2.75) is 0 Å². The largest absolute Gasteiger partial charge is 0.379 e. The molecule has 0 radical (unpaired) electrons. The Labute approximate surface area is 155 Å². The number of rotatable bonds is 4. The molecule has 0 unspecified atom stereocenters. The van der Waals surface area contributed by atoms with Crippen molar-refractivity contribution < 1.29 is 13.9 Å². The average molecular weight is 367 g/mol. The summed E-state index contributed by atoms with van der Waals surface area (Å²) in [5.41, 5.74) is 2.17. The predicted octanol–water partition coefficient (Wildman–Crippen LogP) is 2.10. The predicted molar refractivity (Wildman–Crippen MR) is 98.6 cm³/mol. The molecular weight excluding hydrogens is 349 g/mol. The number of aromatic nitrogens is 3. The number of nitrogens with zero attached hydrogens (tertiary/aromatic N) is 4. The molecule has 138 valence electrons. The molecule has 1 aliphatic rings. The van der Waals surface area contributed by atoms with Crippen LogP contribution in [0.15, 0.2) is 42.7 Å². The van der Waals surface area contributed by atoms with Crippen molar-refractivity contribution in [1.29, 1.82) is 0 Å². The number of carbonyl (C=O) groups excluding carboxylic acids is 1. The highest BCUT2D eigenvalue weighted by Gasteiger charge is 2.15. The maximum Gasteiger partial charge on any atom is 0.239 e. The third-order valence-corrected chi connectivity index (χ3v) is 4.36. The quantitative estimate of drug-likeness (QED) is 0.761. The van der Waals surface area contributed by atoms with Crippen molar-refractivity contribution in [2.75, 3.05) is 38.2 Å². The molecule has 1 N–H and O–H groups in total. The third-order valence-electron chi connectivity index (χ3n) is 4.36. The van der Waals surface area contributed by atoms with E-state index >= 15 is 0 Å². The molecule has 1 aromatic carbocycles. The van der Waals surface area contributed by atoms with Crippen LogP contribution in [0.5, 0.6) is 0 Å². The minimum atomic E-state index is -0.392. The van der Waals surface area contributed by atoms with Crippen molar-refractivity contribution in [3.63, 3.8) is 0 Å². The van der Waals surface area contributed by atoms with E-state index in [0.717, 1.165) is 30.2 Å². The Bertz CT molecular complexity index is 975. The smallest absolute Gasteiger partial charge is 0.239 e. The van der Waals surface area contributed by atoms with Gasteiger partial charge in [0.1, 0.15) is 5.82 Å². The van der Waals surface area contributed by atoms with E-state index in [1.54, 1.807) is 12.3 Å². The number of morpholine rings is 1. The van der Waals surface area contributed by atoms with Crippen molar-refractivity contribution in [3.05, 3.63) is 48.5 Å². The van der Waals surface area contributed by atoms with Gasteiger partial charge in [-0.1, -0.05) is 6.07 Å². The molecular formula is C19H18FN5O2. The summed E-state index contributed by atoms with van der Waals surface area (Å²) in [4.78, 5) is 18.1. The standard InChI is InChI=1S/C19H18FN5O2/c20-16-8-15(10-21-11-16)13-1-2-17-14(7-13)9-18(24-23-17)22-19(26)12-25-3-5-27-6-4-25/h1-2,7-11H,3-6,12H2,(H,22,24,26). The first-order chi connectivity index (χ1) is 13.2. The molecule has 0 spiro atoms. The second-order valence-corrected chi connectivity index (χ2v) is 6.33. The number of carbonyl (C=O) groups is 1. The number of pyridine rings is 1. The van der Waals surface area contributed by atoms with Crippen LogP contribution in [0.1, 0.15) is 0 Å². The molecule has 3 aromatic rings. The molecule has 0 bridgehead atoms. The molecule has 1 amide bonds. The summed E-state index contributed by atoms with van der Waals surface area (Å²) in [5, 5.41) is 11.8. The van der Waals surface area contributed by atoms with Crippen LogP contribution < -0.4 is 5.32 Å². The van der Waals surface area contributed by atoms with E-state index in [1.807, 2.05) is 23.1 Å². The number of ether oxygens (including phenoxy) is 1. The maximum absolute atomic E-state index is 13.4. The van der Waals surface area contributed by atoms with Crippen LogP contribution in [0.2, 0.25) is 0 Å². The Hall–Kier alpha value is -2.97. The molecule has 0 atom stereocenters. The van der Waals surface area contributed by atoms with Gasteiger partial charge in [0.25, 0.3) is 0 Å². The second kappa shape index (κ2) is 7.73. The Balaban J connectivity index is 1.53. The van der Waals surface area contributed by atoms with Gasteiger partial charge in [0, 0.05) is 30.2 Å². The number of amides is 1. The monoisotopic (exact) mass is 367 g/mol. The normalized spacial score (nSPS) is 15.0. The summed E-state index contributed by atoms with van der Waals surface area (Å²) in [6, 6.07) is 8.70. The molecule has 8 heteroatoms. The summed E-state index contributed by atoms with van der Waals surface area (Å²) in [7, 11) is 0. The highest BCUT2D eigenvalue weighted by atomic mass is 19.1. The van der Waals surface area contributed by atoms with E-state index in [-0.39, 0.29) is 12.5 Å². The maximum atomic E-state index is 13.4. The lowest BCUT2D eigenvalue weighted by molar-refractivity contribution is -0.118. The fourth-order valence-electron chi connectivity index (χ4n) is 3.00. The molecule has 2 aromatic heterocycles. The molecule has 0 saturated carbocycles. The number of hydrogen-bond acceptors (Lipinski definition) is 6. The first-order valence-corrected chi connectivity index (χ1v) is 8.66. The van der Waals surface area contributed by atoms with Gasteiger partial charge in [0.2, 0.25) is 5.91 Å². The summed E-state index contributed by atoms with van der Waals surface area (Å²) in [6.07, 6.45) is 2.77. The fraction of sp³-hybridized carbons (Fsp3) is 0.263. The zero-order valence-corrected chi connectivity index (χ0v) is 14.6. The number of fused-ring (bicyclic) bond motifs is 1. The van der Waals surface area contributed by atoms with Gasteiger partial charge in [-0.3, -0.25) is 14.7 Å². The van der Waals surface area contributed by atoms with Crippen molar-refractivity contribution in [1.82, 2.24) is 20.1 Å². The third kappa shape index (κ3) is 4.24. The lowest BCUT2D eigenvalue weighted by atomic mass is 10.1. The number of benzene rings is 1. The number of halogens is 1. The van der Waals surface area contributed by atoms with Gasteiger partial charge in [-0.25, -0.2) is 4.39 Å². The van der Waals surface area contributed by atoms with E-state index in [4.69, 9.17) is 4.74 Å². The first-order valence-electron chi connectivity index (χ1n) is 8.66. The average Bonchev–Trinajstić information content (AvgIpc) is 2.68. The van der Waals surface area contributed by atoms with E-state index in [1.165, 1.54) is 6.07 Å². The Morgan fingerprint density at radius 1 is 1.11 bits per heavy atom. The van der Waals surface area contributed by atoms with Gasteiger partial charge in [-0.05, 0) is 29.8 Å². The number of nitrogens with one attached hydrogen (secondary N) is 1. The van der Waals surface area contributed by atoms with E-state index in [9.17, 15) is 9.18 Å². The highest BCUT2D eigenvalue weighted by molar-refractivity contribution is 5.93. The minimum absolute atomic E-state index is 0.143. The summed E-state index contributed by atoms with van der Waals surface area (Å²) < 4.78 is 18.7.